The Hall–Kier alpha value is -1.26. The topological polar surface area (TPSA) is 24.9 Å². The molecule has 0 aliphatic heterocycles. The minimum atomic E-state index is -0.251. The Labute approximate surface area is 111 Å². The molecule has 0 bridgehead atoms. The quantitative estimate of drug-likeness (QED) is 0.891. The van der Waals surface area contributed by atoms with Crippen LogP contribution in [0, 0.1) is 12.7 Å². The zero-order valence-corrected chi connectivity index (χ0v) is 11.4. The number of pyridine rings is 1. The molecule has 0 saturated heterocycles. The third kappa shape index (κ3) is 2.76. The molecule has 0 saturated carbocycles. The summed E-state index contributed by atoms with van der Waals surface area (Å²) in [6, 6.07) is 3.75. The van der Waals surface area contributed by atoms with Gasteiger partial charge in [-0.3, -0.25) is 4.98 Å². The van der Waals surface area contributed by atoms with Crippen molar-refractivity contribution in [3.05, 3.63) is 51.7 Å². The van der Waals surface area contributed by atoms with Gasteiger partial charge in [-0.25, -0.2) is 4.39 Å². The molecule has 0 fully saturated rings. The molecular formula is C14H17FN2S. The van der Waals surface area contributed by atoms with E-state index >= 15 is 0 Å². The fourth-order valence-corrected chi connectivity index (χ4v) is 2.95. The summed E-state index contributed by atoms with van der Waals surface area (Å²) in [4.78, 5) is 4.99. The second-order valence-electron chi connectivity index (χ2n) is 4.25. The molecule has 4 heteroatoms. The van der Waals surface area contributed by atoms with Crippen LogP contribution in [-0.4, -0.2) is 11.5 Å². The lowest BCUT2D eigenvalue weighted by molar-refractivity contribution is 0.546. The second-order valence-corrected chi connectivity index (χ2v) is 5.20. The normalized spacial score (nSPS) is 12.6. The molecule has 18 heavy (non-hydrogen) atoms. The first-order valence-corrected chi connectivity index (χ1v) is 6.98. The highest BCUT2D eigenvalue weighted by Crippen LogP contribution is 2.30. The van der Waals surface area contributed by atoms with Crippen molar-refractivity contribution >= 4 is 11.3 Å². The van der Waals surface area contributed by atoms with E-state index in [9.17, 15) is 4.39 Å². The third-order valence-electron chi connectivity index (χ3n) is 2.88. The van der Waals surface area contributed by atoms with Crippen LogP contribution >= 0.6 is 11.3 Å². The maximum absolute atomic E-state index is 13.9. The first-order chi connectivity index (χ1) is 8.74. The van der Waals surface area contributed by atoms with Crippen LogP contribution in [-0.2, 0) is 0 Å². The smallest absolute Gasteiger partial charge is 0.146 e. The fourth-order valence-electron chi connectivity index (χ4n) is 1.93. The molecule has 0 aromatic carbocycles. The summed E-state index contributed by atoms with van der Waals surface area (Å²) >= 11 is 1.66. The van der Waals surface area contributed by atoms with E-state index in [1.807, 2.05) is 5.38 Å². The average Bonchev–Trinajstić information content (AvgIpc) is 2.78. The van der Waals surface area contributed by atoms with E-state index in [-0.39, 0.29) is 11.9 Å². The van der Waals surface area contributed by atoms with Gasteiger partial charge >= 0.3 is 0 Å². The van der Waals surface area contributed by atoms with Crippen molar-refractivity contribution in [3.63, 3.8) is 0 Å². The number of hydrogen-bond acceptors (Lipinski definition) is 3. The number of nitrogens with one attached hydrogen (secondary N) is 1. The van der Waals surface area contributed by atoms with Crippen molar-refractivity contribution < 1.29 is 4.39 Å². The minimum Gasteiger partial charge on any atom is -0.305 e. The lowest BCUT2D eigenvalue weighted by Crippen LogP contribution is -2.24. The standard InChI is InChI=1S/C14H17FN2S/c1-3-6-17-13(14-10(2)5-8-18-14)11-4-7-16-9-12(11)15/h4-5,7-9,13,17H,3,6H2,1-2H3. The average molecular weight is 264 g/mol. The van der Waals surface area contributed by atoms with Crippen LogP contribution in [0.5, 0.6) is 0 Å². The van der Waals surface area contributed by atoms with Gasteiger partial charge in [-0.1, -0.05) is 6.92 Å². The summed E-state index contributed by atoms with van der Waals surface area (Å²) in [6.45, 7) is 5.03. The predicted octanol–water partition coefficient (Wildman–Crippen LogP) is 3.68. The summed E-state index contributed by atoms with van der Waals surface area (Å²) in [5.41, 5.74) is 1.87. The number of thiophene rings is 1. The predicted molar refractivity (Wildman–Crippen MR) is 73.4 cm³/mol. The summed E-state index contributed by atoms with van der Waals surface area (Å²) < 4.78 is 13.9. The molecule has 1 unspecified atom stereocenters. The number of hydrogen-bond donors (Lipinski definition) is 1. The van der Waals surface area contributed by atoms with Crippen LogP contribution in [0.1, 0.15) is 35.4 Å². The lowest BCUT2D eigenvalue weighted by Gasteiger charge is -2.19. The number of halogens is 1. The van der Waals surface area contributed by atoms with Gasteiger partial charge in [0, 0.05) is 16.6 Å². The molecule has 2 rings (SSSR count). The van der Waals surface area contributed by atoms with E-state index in [4.69, 9.17) is 0 Å². The summed E-state index contributed by atoms with van der Waals surface area (Å²) in [5.74, 6) is -0.251. The Balaban J connectivity index is 2.37. The highest BCUT2D eigenvalue weighted by molar-refractivity contribution is 7.10. The SMILES string of the molecule is CCCNC(c1ccncc1F)c1sccc1C. The molecule has 1 N–H and O–H groups in total. The fraction of sp³-hybridized carbons (Fsp3) is 0.357. The van der Waals surface area contributed by atoms with E-state index < -0.39 is 0 Å². The van der Waals surface area contributed by atoms with Crippen LogP contribution in [0.3, 0.4) is 0 Å². The Kier molecular flexibility index (Phi) is 4.44. The zero-order chi connectivity index (χ0) is 13.0. The van der Waals surface area contributed by atoms with Crippen molar-refractivity contribution in [1.29, 1.82) is 0 Å². The van der Waals surface area contributed by atoms with Gasteiger partial charge in [0.15, 0.2) is 0 Å². The van der Waals surface area contributed by atoms with Crippen LogP contribution in [0.2, 0.25) is 0 Å². The van der Waals surface area contributed by atoms with E-state index in [1.165, 1.54) is 16.6 Å². The minimum absolute atomic E-state index is 0.0760. The Bertz CT molecular complexity index is 510. The van der Waals surface area contributed by atoms with Gasteiger partial charge in [0.1, 0.15) is 5.82 Å². The highest BCUT2D eigenvalue weighted by Gasteiger charge is 2.19. The number of aromatic nitrogens is 1. The van der Waals surface area contributed by atoms with Gasteiger partial charge in [-0.2, -0.15) is 0 Å². The molecule has 0 radical (unpaired) electrons. The molecule has 0 amide bonds. The lowest BCUT2D eigenvalue weighted by atomic mass is 10.0. The maximum atomic E-state index is 13.9. The Morgan fingerprint density at radius 1 is 1.44 bits per heavy atom. The van der Waals surface area contributed by atoms with Gasteiger partial charge in [0.05, 0.1) is 12.2 Å². The van der Waals surface area contributed by atoms with Crippen LogP contribution in [0.25, 0.3) is 0 Å². The Morgan fingerprint density at radius 2 is 2.28 bits per heavy atom. The van der Waals surface area contributed by atoms with Crippen molar-refractivity contribution in [2.75, 3.05) is 6.54 Å². The zero-order valence-electron chi connectivity index (χ0n) is 10.6. The molecule has 2 nitrogen and oxygen atoms in total. The van der Waals surface area contributed by atoms with Crippen molar-refractivity contribution in [1.82, 2.24) is 10.3 Å². The van der Waals surface area contributed by atoms with E-state index in [0.717, 1.165) is 13.0 Å². The van der Waals surface area contributed by atoms with E-state index in [1.54, 1.807) is 23.6 Å². The van der Waals surface area contributed by atoms with E-state index in [2.05, 4.69) is 30.2 Å². The molecule has 0 aliphatic rings. The van der Waals surface area contributed by atoms with E-state index in [0.29, 0.717) is 5.56 Å². The number of aryl methyl sites for hydroxylation is 1. The largest absolute Gasteiger partial charge is 0.305 e. The first-order valence-electron chi connectivity index (χ1n) is 6.10. The van der Waals surface area contributed by atoms with Crippen molar-refractivity contribution in [2.24, 2.45) is 0 Å². The van der Waals surface area contributed by atoms with Gasteiger partial charge in [0.25, 0.3) is 0 Å². The maximum Gasteiger partial charge on any atom is 0.146 e. The van der Waals surface area contributed by atoms with Gasteiger partial charge in [-0.15, -0.1) is 11.3 Å². The molecular weight excluding hydrogens is 247 g/mol. The van der Waals surface area contributed by atoms with Crippen LogP contribution in [0.4, 0.5) is 4.39 Å². The van der Waals surface area contributed by atoms with Gasteiger partial charge in [0.2, 0.25) is 0 Å². The second kappa shape index (κ2) is 6.07. The number of rotatable bonds is 5. The summed E-state index contributed by atoms with van der Waals surface area (Å²) in [6.07, 6.45) is 3.94. The molecule has 1 atom stereocenters. The number of nitrogens with zero attached hydrogens (tertiary/aromatic N) is 1. The Morgan fingerprint density at radius 3 is 2.89 bits per heavy atom. The summed E-state index contributed by atoms with van der Waals surface area (Å²) in [5, 5.41) is 5.46. The van der Waals surface area contributed by atoms with Crippen molar-refractivity contribution in [2.45, 2.75) is 26.3 Å². The van der Waals surface area contributed by atoms with Gasteiger partial charge < -0.3 is 5.32 Å². The molecule has 0 aliphatic carbocycles. The molecule has 2 aromatic rings. The van der Waals surface area contributed by atoms with Crippen LogP contribution < -0.4 is 5.32 Å². The highest BCUT2D eigenvalue weighted by atomic mass is 32.1. The van der Waals surface area contributed by atoms with Crippen LogP contribution in [0.15, 0.2) is 29.9 Å². The van der Waals surface area contributed by atoms with Crippen molar-refractivity contribution in [3.8, 4) is 0 Å². The molecule has 96 valence electrons. The summed E-state index contributed by atoms with van der Waals surface area (Å²) in [7, 11) is 0. The first kappa shape index (κ1) is 13.2. The molecule has 2 heterocycles. The van der Waals surface area contributed by atoms with Gasteiger partial charge in [-0.05, 0) is 43.0 Å². The molecule has 0 spiro atoms. The third-order valence-corrected chi connectivity index (χ3v) is 3.96. The monoisotopic (exact) mass is 264 g/mol. The molecule has 2 aromatic heterocycles.